The van der Waals surface area contributed by atoms with Crippen molar-refractivity contribution in [2.45, 2.75) is 0 Å². The number of nitrogens with two attached hydrogens (primary N) is 1. The van der Waals surface area contributed by atoms with Gasteiger partial charge in [-0.2, -0.15) is 0 Å². The first kappa shape index (κ1) is 18.7. The van der Waals surface area contributed by atoms with Crippen LogP contribution in [0.5, 0.6) is 0 Å². The molecule has 0 aliphatic rings. The zero-order chi connectivity index (χ0) is 14.3. The van der Waals surface area contributed by atoms with Crippen molar-refractivity contribution in [3.8, 4) is 0 Å². The van der Waals surface area contributed by atoms with Crippen molar-refractivity contribution in [3.63, 3.8) is 0 Å². The molecule has 8 heteroatoms. The van der Waals surface area contributed by atoms with E-state index in [0.29, 0.717) is 18.8 Å². The lowest BCUT2D eigenvalue weighted by atomic mass is 10.2. The number of nitrogens with one attached hydrogen (secondary N) is 2. The lowest BCUT2D eigenvalue weighted by molar-refractivity contribution is -0.115. The zero-order valence-electron chi connectivity index (χ0n) is 10.9. The van der Waals surface area contributed by atoms with Crippen molar-refractivity contribution >= 4 is 41.5 Å². The molecular weight excluding hydrogens is 305 g/mol. The number of halogens is 2. The average molecular weight is 322 g/mol. The molecule has 6 nitrogen and oxygen atoms in total. The minimum atomic E-state index is -0.640. The summed E-state index contributed by atoms with van der Waals surface area (Å²) in [7, 11) is 1.58. The van der Waals surface area contributed by atoms with E-state index in [1.54, 1.807) is 13.2 Å². The van der Waals surface area contributed by atoms with E-state index in [-0.39, 0.29) is 35.4 Å². The number of hydrogen-bond acceptors (Lipinski definition) is 4. The number of carbonyl (C=O) groups is 2. The molecule has 0 aliphatic heterocycles. The second kappa shape index (κ2) is 9.55. The Morgan fingerprint density at radius 2 is 2.10 bits per heavy atom. The van der Waals surface area contributed by atoms with E-state index in [9.17, 15) is 9.59 Å². The molecule has 0 aromatic heterocycles. The number of methoxy groups -OCH3 is 1. The Morgan fingerprint density at radius 1 is 1.40 bits per heavy atom. The predicted molar refractivity (Wildman–Crippen MR) is 80.6 cm³/mol. The van der Waals surface area contributed by atoms with Crippen molar-refractivity contribution in [3.05, 3.63) is 28.8 Å². The van der Waals surface area contributed by atoms with Crippen LogP contribution in [0.2, 0.25) is 5.02 Å². The van der Waals surface area contributed by atoms with E-state index in [1.807, 2.05) is 0 Å². The molecule has 1 aromatic rings. The van der Waals surface area contributed by atoms with Crippen LogP contribution in [0.3, 0.4) is 0 Å². The summed E-state index contributed by atoms with van der Waals surface area (Å²) in [5.74, 6) is -0.867. The number of primary amides is 1. The van der Waals surface area contributed by atoms with Crippen molar-refractivity contribution in [2.75, 3.05) is 32.1 Å². The quantitative estimate of drug-likeness (QED) is 0.654. The molecular formula is C12H17Cl2N3O3. The third-order valence-electron chi connectivity index (χ3n) is 2.28. The standard InChI is InChI=1S/C12H16ClN3O3.ClH/c1-19-5-4-15-7-11(17)16-8-2-3-10(13)9(6-8)12(14)18;/h2-3,6,15H,4-5,7H2,1H3,(H2,14,18)(H,16,17);1H. The second-order valence-electron chi connectivity index (χ2n) is 3.78. The van der Waals surface area contributed by atoms with Gasteiger partial charge in [-0.05, 0) is 18.2 Å². The minimum Gasteiger partial charge on any atom is -0.383 e. The number of hydrogen-bond donors (Lipinski definition) is 3. The van der Waals surface area contributed by atoms with Crippen molar-refractivity contribution in [2.24, 2.45) is 5.73 Å². The van der Waals surface area contributed by atoms with Gasteiger partial charge in [-0.1, -0.05) is 11.6 Å². The van der Waals surface area contributed by atoms with Crippen LogP contribution >= 0.6 is 24.0 Å². The molecule has 0 saturated heterocycles. The largest absolute Gasteiger partial charge is 0.383 e. The highest BCUT2D eigenvalue weighted by molar-refractivity contribution is 6.33. The van der Waals surface area contributed by atoms with Gasteiger partial charge in [0.25, 0.3) is 0 Å². The fraction of sp³-hybridized carbons (Fsp3) is 0.333. The highest BCUT2D eigenvalue weighted by Gasteiger charge is 2.09. The molecule has 1 aromatic carbocycles. The van der Waals surface area contributed by atoms with Gasteiger partial charge in [0.15, 0.2) is 0 Å². The van der Waals surface area contributed by atoms with Gasteiger partial charge in [-0.15, -0.1) is 12.4 Å². The first-order valence-electron chi connectivity index (χ1n) is 5.63. The van der Waals surface area contributed by atoms with Gasteiger partial charge in [0.1, 0.15) is 0 Å². The predicted octanol–water partition coefficient (Wildman–Crippen LogP) is 1.04. The molecule has 0 heterocycles. The number of rotatable bonds is 7. The molecule has 0 unspecified atom stereocenters. The lowest BCUT2D eigenvalue weighted by Crippen LogP contribution is -2.30. The van der Waals surface area contributed by atoms with E-state index in [2.05, 4.69) is 10.6 Å². The fourth-order valence-electron chi connectivity index (χ4n) is 1.37. The maximum absolute atomic E-state index is 11.6. The Balaban J connectivity index is 0.00000361. The van der Waals surface area contributed by atoms with Crippen LogP contribution in [0.15, 0.2) is 18.2 Å². The smallest absolute Gasteiger partial charge is 0.250 e. The lowest BCUT2D eigenvalue weighted by Gasteiger charge is -2.08. The highest BCUT2D eigenvalue weighted by atomic mass is 35.5. The van der Waals surface area contributed by atoms with Gasteiger partial charge in [-0.25, -0.2) is 0 Å². The van der Waals surface area contributed by atoms with Crippen LogP contribution in [0.4, 0.5) is 5.69 Å². The second-order valence-corrected chi connectivity index (χ2v) is 4.18. The van der Waals surface area contributed by atoms with Crippen LogP contribution in [0.25, 0.3) is 0 Å². The SMILES string of the molecule is COCCNCC(=O)Nc1ccc(Cl)c(C(N)=O)c1.Cl. The monoisotopic (exact) mass is 321 g/mol. The van der Waals surface area contributed by atoms with E-state index in [4.69, 9.17) is 22.1 Å². The van der Waals surface area contributed by atoms with E-state index < -0.39 is 5.91 Å². The number of carbonyl (C=O) groups excluding carboxylic acids is 2. The molecule has 20 heavy (non-hydrogen) atoms. The summed E-state index contributed by atoms with van der Waals surface area (Å²) in [6.45, 7) is 1.26. The molecule has 0 atom stereocenters. The van der Waals surface area contributed by atoms with Gasteiger partial charge < -0.3 is 21.1 Å². The third kappa shape index (κ3) is 6.21. The van der Waals surface area contributed by atoms with Crippen LogP contribution in [-0.2, 0) is 9.53 Å². The molecule has 0 radical (unpaired) electrons. The fourth-order valence-corrected chi connectivity index (χ4v) is 1.58. The van der Waals surface area contributed by atoms with Gasteiger partial charge >= 0.3 is 0 Å². The summed E-state index contributed by atoms with van der Waals surface area (Å²) in [5, 5.41) is 5.79. The van der Waals surface area contributed by atoms with Crippen LogP contribution in [-0.4, -0.2) is 38.6 Å². The van der Waals surface area contributed by atoms with Crippen LogP contribution in [0, 0.1) is 0 Å². The van der Waals surface area contributed by atoms with Gasteiger partial charge in [-0.3, -0.25) is 9.59 Å². The van der Waals surface area contributed by atoms with Crippen molar-refractivity contribution < 1.29 is 14.3 Å². The first-order valence-corrected chi connectivity index (χ1v) is 6.01. The average Bonchev–Trinajstić information content (AvgIpc) is 2.36. The summed E-state index contributed by atoms with van der Waals surface area (Å²) in [4.78, 5) is 22.7. The molecule has 0 aliphatic carbocycles. The summed E-state index contributed by atoms with van der Waals surface area (Å²) in [6.07, 6.45) is 0. The van der Waals surface area contributed by atoms with Gasteiger partial charge in [0.2, 0.25) is 11.8 Å². The normalized spacial score (nSPS) is 9.70. The van der Waals surface area contributed by atoms with Gasteiger partial charge in [0, 0.05) is 19.3 Å². The van der Waals surface area contributed by atoms with E-state index in [1.165, 1.54) is 12.1 Å². The Kier molecular flexibility index (Phi) is 8.91. The number of ether oxygens (including phenoxy) is 1. The first-order chi connectivity index (χ1) is 9.04. The third-order valence-corrected chi connectivity index (χ3v) is 2.61. The summed E-state index contributed by atoms with van der Waals surface area (Å²) in [6, 6.07) is 4.55. The molecule has 0 bridgehead atoms. The summed E-state index contributed by atoms with van der Waals surface area (Å²) < 4.78 is 4.84. The molecule has 2 amide bonds. The zero-order valence-corrected chi connectivity index (χ0v) is 12.5. The summed E-state index contributed by atoms with van der Waals surface area (Å²) in [5.41, 5.74) is 5.81. The molecule has 0 fully saturated rings. The Bertz CT molecular complexity index is 469. The van der Waals surface area contributed by atoms with E-state index in [0.717, 1.165) is 0 Å². The van der Waals surface area contributed by atoms with Crippen LogP contribution < -0.4 is 16.4 Å². The Morgan fingerprint density at radius 3 is 2.70 bits per heavy atom. The number of anilines is 1. The Hall–Kier alpha value is -1.34. The minimum absolute atomic E-state index is 0. The topological polar surface area (TPSA) is 93.4 Å². The maximum atomic E-state index is 11.6. The summed E-state index contributed by atoms with van der Waals surface area (Å²) >= 11 is 5.81. The van der Waals surface area contributed by atoms with Gasteiger partial charge in [0.05, 0.1) is 23.7 Å². The number of amides is 2. The Labute approximate surface area is 128 Å². The highest BCUT2D eigenvalue weighted by Crippen LogP contribution is 2.19. The molecule has 0 saturated carbocycles. The number of benzene rings is 1. The molecule has 4 N–H and O–H groups in total. The van der Waals surface area contributed by atoms with Crippen LogP contribution in [0.1, 0.15) is 10.4 Å². The maximum Gasteiger partial charge on any atom is 0.250 e. The molecule has 1 rings (SSSR count). The van der Waals surface area contributed by atoms with Crippen molar-refractivity contribution in [1.29, 1.82) is 0 Å². The molecule has 0 spiro atoms. The van der Waals surface area contributed by atoms with E-state index >= 15 is 0 Å². The van der Waals surface area contributed by atoms with Crippen molar-refractivity contribution in [1.82, 2.24) is 5.32 Å². The molecule has 112 valence electrons.